The molecular weight excluding hydrogens is 326 g/mol. The van der Waals surface area contributed by atoms with E-state index >= 15 is 0 Å². The van der Waals surface area contributed by atoms with Gasteiger partial charge in [-0.3, -0.25) is 0 Å². The monoisotopic (exact) mass is 337 g/mol. The summed E-state index contributed by atoms with van der Waals surface area (Å²) < 4.78 is 26.2. The predicted molar refractivity (Wildman–Crippen MR) is 68.0 cm³/mol. The van der Waals surface area contributed by atoms with E-state index < -0.39 is 16.0 Å². The van der Waals surface area contributed by atoms with Gasteiger partial charge in [0.2, 0.25) is 10.0 Å². The first kappa shape index (κ1) is 15.1. The molecule has 0 bridgehead atoms. The molecule has 0 saturated carbocycles. The number of aromatic carboxylic acids is 1. The third kappa shape index (κ3) is 3.77. The van der Waals surface area contributed by atoms with Crippen LogP contribution < -0.4 is 4.72 Å². The van der Waals surface area contributed by atoms with Crippen molar-refractivity contribution in [3.05, 3.63) is 28.2 Å². The van der Waals surface area contributed by atoms with Crippen molar-refractivity contribution >= 4 is 31.9 Å². The molecule has 0 fully saturated rings. The fraction of sp³-hybridized carbons (Fsp3) is 0.300. The Morgan fingerprint density at radius 1 is 1.39 bits per heavy atom. The topological polar surface area (TPSA) is 104 Å². The van der Waals surface area contributed by atoms with Crippen molar-refractivity contribution in [2.45, 2.75) is 11.3 Å². The van der Waals surface area contributed by atoms with Gasteiger partial charge in [-0.25, -0.2) is 17.9 Å². The number of halogens is 1. The summed E-state index contributed by atoms with van der Waals surface area (Å²) in [6.45, 7) is -0.0272. The smallest absolute Gasteiger partial charge is 0.336 e. The molecule has 0 heterocycles. The lowest BCUT2D eigenvalue weighted by Crippen LogP contribution is -2.25. The number of rotatable bonds is 6. The first-order chi connectivity index (χ1) is 8.38. The molecule has 0 aromatic heterocycles. The van der Waals surface area contributed by atoms with E-state index in [0.717, 1.165) is 6.07 Å². The zero-order chi connectivity index (χ0) is 13.8. The molecule has 3 N–H and O–H groups in total. The van der Waals surface area contributed by atoms with Crippen LogP contribution in [0.3, 0.4) is 0 Å². The van der Waals surface area contributed by atoms with E-state index in [0.29, 0.717) is 10.9 Å². The van der Waals surface area contributed by atoms with Gasteiger partial charge in [0.25, 0.3) is 0 Å². The van der Waals surface area contributed by atoms with Gasteiger partial charge in [0.1, 0.15) is 0 Å². The normalized spacial score (nSPS) is 11.4. The molecule has 6 nitrogen and oxygen atoms in total. The number of aliphatic hydroxyl groups excluding tert-OH is 1. The van der Waals surface area contributed by atoms with E-state index in [2.05, 4.69) is 20.7 Å². The van der Waals surface area contributed by atoms with Crippen LogP contribution in [0.15, 0.2) is 27.6 Å². The molecule has 0 spiro atoms. The number of carbonyl (C=O) groups is 1. The number of carboxylic acid groups (broad SMARTS) is 1. The number of benzene rings is 1. The average Bonchev–Trinajstić information content (AvgIpc) is 2.29. The second kappa shape index (κ2) is 6.28. The molecule has 1 rings (SSSR count). The van der Waals surface area contributed by atoms with Gasteiger partial charge in [-0.2, -0.15) is 0 Å². The van der Waals surface area contributed by atoms with Crippen LogP contribution in [-0.4, -0.2) is 37.8 Å². The van der Waals surface area contributed by atoms with Crippen LogP contribution in [0.25, 0.3) is 0 Å². The Balaban J connectivity index is 3.02. The van der Waals surface area contributed by atoms with Gasteiger partial charge in [0.05, 0.1) is 10.5 Å². The van der Waals surface area contributed by atoms with Gasteiger partial charge in [-0.05, 0) is 40.5 Å². The fourth-order valence-electron chi connectivity index (χ4n) is 1.20. The Morgan fingerprint density at radius 3 is 2.61 bits per heavy atom. The molecule has 0 amide bonds. The number of hydrogen-bond donors (Lipinski definition) is 3. The third-order valence-corrected chi connectivity index (χ3v) is 4.26. The summed E-state index contributed by atoms with van der Waals surface area (Å²) >= 11 is 3.03. The van der Waals surface area contributed by atoms with Gasteiger partial charge in [0, 0.05) is 17.6 Å². The van der Waals surface area contributed by atoms with E-state index in [1.54, 1.807) is 0 Å². The molecule has 0 aliphatic heterocycles. The van der Waals surface area contributed by atoms with Gasteiger partial charge in [-0.1, -0.05) is 0 Å². The second-order valence-corrected chi connectivity index (χ2v) is 6.04. The van der Waals surface area contributed by atoms with E-state index in [9.17, 15) is 13.2 Å². The third-order valence-electron chi connectivity index (χ3n) is 2.11. The van der Waals surface area contributed by atoms with Gasteiger partial charge in [-0.15, -0.1) is 0 Å². The number of nitrogens with one attached hydrogen (secondary N) is 1. The van der Waals surface area contributed by atoms with Crippen molar-refractivity contribution in [2.24, 2.45) is 0 Å². The lowest BCUT2D eigenvalue weighted by molar-refractivity contribution is 0.0695. The highest BCUT2D eigenvalue weighted by Crippen LogP contribution is 2.20. The molecule has 8 heteroatoms. The quantitative estimate of drug-likeness (QED) is 0.666. The minimum atomic E-state index is -3.75. The Morgan fingerprint density at radius 2 is 2.06 bits per heavy atom. The molecule has 1 aromatic carbocycles. The molecule has 0 unspecified atom stereocenters. The van der Waals surface area contributed by atoms with Crippen molar-refractivity contribution in [1.82, 2.24) is 4.72 Å². The molecule has 1 aromatic rings. The average molecular weight is 338 g/mol. The lowest BCUT2D eigenvalue weighted by Gasteiger charge is -2.07. The highest BCUT2D eigenvalue weighted by atomic mass is 79.9. The van der Waals surface area contributed by atoms with Crippen molar-refractivity contribution in [1.29, 1.82) is 0 Å². The Hall–Kier alpha value is -0.960. The Labute approximate surface area is 113 Å². The number of sulfonamides is 1. The van der Waals surface area contributed by atoms with Crippen LogP contribution in [0.5, 0.6) is 0 Å². The summed E-state index contributed by atoms with van der Waals surface area (Å²) in [5.74, 6) is -1.21. The van der Waals surface area contributed by atoms with Crippen LogP contribution in [0.2, 0.25) is 0 Å². The van der Waals surface area contributed by atoms with Crippen molar-refractivity contribution in [2.75, 3.05) is 13.2 Å². The molecule has 0 atom stereocenters. The van der Waals surface area contributed by atoms with Crippen LogP contribution in [0, 0.1) is 0 Å². The van der Waals surface area contributed by atoms with E-state index in [1.807, 2.05) is 0 Å². The molecule has 0 aliphatic rings. The molecule has 0 aliphatic carbocycles. The maximum atomic E-state index is 11.8. The SMILES string of the molecule is O=C(O)c1cc(S(=O)(=O)NCCCO)ccc1Br. The van der Waals surface area contributed by atoms with Crippen LogP contribution >= 0.6 is 15.9 Å². The highest BCUT2D eigenvalue weighted by molar-refractivity contribution is 9.10. The minimum absolute atomic E-state index is 0.0945. The largest absolute Gasteiger partial charge is 0.478 e. The zero-order valence-corrected chi connectivity index (χ0v) is 11.7. The zero-order valence-electron chi connectivity index (χ0n) is 9.26. The Kier molecular flexibility index (Phi) is 5.27. The summed E-state index contributed by atoms with van der Waals surface area (Å²) in [6, 6.07) is 3.75. The molecule has 0 radical (unpaired) electrons. The maximum absolute atomic E-state index is 11.8. The molecule has 0 saturated heterocycles. The first-order valence-electron chi connectivity index (χ1n) is 5.02. The van der Waals surface area contributed by atoms with Gasteiger partial charge >= 0.3 is 5.97 Å². The Bertz CT molecular complexity index is 543. The molecule has 18 heavy (non-hydrogen) atoms. The number of hydrogen-bond acceptors (Lipinski definition) is 4. The van der Waals surface area contributed by atoms with E-state index in [1.165, 1.54) is 12.1 Å². The van der Waals surface area contributed by atoms with Gasteiger partial charge < -0.3 is 10.2 Å². The number of aliphatic hydroxyl groups is 1. The standard InChI is InChI=1S/C10H12BrNO5S/c11-9-3-2-7(6-8(9)10(14)15)18(16,17)12-4-1-5-13/h2-3,6,12-13H,1,4-5H2,(H,14,15). The molecule has 100 valence electrons. The van der Waals surface area contributed by atoms with Crippen molar-refractivity contribution < 1.29 is 23.4 Å². The predicted octanol–water partition coefficient (Wildman–Crippen LogP) is 0.808. The highest BCUT2D eigenvalue weighted by Gasteiger charge is 2.17. The summed E-state index contributed by atoms with van der Waals surface area (Å²) in [7, 11) is -3.75. The van der Waals surface area contributed by atoms with Crippen LogP contribution in [0.1, 0.15) is 16.8 Å². The van der Waals surface area contributed by atoms with Crippen molar-refractivity contribution in [3.8, 4) is 0 Å². The van der Waals surface area contributed by atoms with Crippen LogP contribution in [0.4, 0.5) is 0 Å². The lowest BCUT2D eigenvalue weighted by atomic mass is 10.2. The maximum Gasteiger partial charge on any atom is 0.336 e. The first-order valence-corrected chi connectivity index (χ1v) is 7.29. The summed E-state index contributed by atoms with van der Waals surface area (Å²) in [4.78, 5) is 10.8. The van der Waals surface area contributed by atoms with Crippen molar-refractivity contribution in [3.63, 3.8) is 0 Å². The fourth-order valence-corrected chi connectivity index (χ4v) is 2.72. The minimum Gasteiger partial charge on any atom is -0.478 e. The second-order valence-electron chi connectivity index (χ2n) is 3.42. The summed E-state index contributed by atoms with van der Waals surface area (Å²) in [5.41, 5.74) is -0.125. The summed E-state index contributed by atoms with van der Waals surface area (Å²) in [5, 5.41) is 17.5. The van der Waals surface area contributed by atoms with E-state index in [4.69, 9.17) is 10.2 Å². The van der Waals surface area contributed by atoms with E-state index in [-0.39, 0.29) is 23.6 Å². The summed E-state index contributed by atoms with van der Waals surface area (Å²) in [6.07, 6.45) is 0.293. The number of carboxylic acids is 1. The van der Waals surface area contributed by atoms with Gasteiger partial charge in [0.15, 0.2) is 0 Å². The molecular formula is C10H12BrNO5S. The van der Waals surface area contributed by atoms with Crippen LogP contribution in [-0.2, 0) is 10.0 Å².